The van der Waals surface area contributed by atoms with Crippen LogP contribution in [0.2, 0.25) is 0 Å². The second-order valence-corrected chi connectivity index (χ2v) is 7.53. The van der Waals surface area contributed by atoms with Crippen LogP contribution < -0.4 is 0 Å². The summed E-state index contributed by atoms with van der Waals surface area (Å²) in [4.78, 5) is 16.9. The molecule has 0 radical (unpaired) electrons. The Balaban J connectivity index is 1.42. The van der Waals surface area contributed by atoms with Gasteiger partial charge < -0.3 is 14.4 Å². The molecule has 126 valence electrons. The van der Waals surface area contributed by atoms with Crippen molar-refractivity contribution in [1.29, 1.82) is 0 Å². The average molecular weight is 318 g/mol. The van der Waals surface area contributed by atoms with Crippen molar-refractivity contribution >= 4 is 5.91 Å². The second kappa shape index (κ2) is 5.95. The van der Waals surface area contributed by atoms with Gasteiger partial charge in [-0.05, 0) is 43.2 Å². The first-order valence-electron chi connectivity index (χ1n) is 8.89. The summed E-state index contributed by atoms with van der Waals surface area (Å²) in [6, 6.07) is 4.23. The third-order valence-corrected chi connectivity index (χ3v) is 6.43. The molecule has 5 nitrogen and oxygen atoms in total. The summed E-state index contributed by atoms with van der Waals surface area (Å²) >= 11 is 0. The molecule has 3 fully saturated rings. The van der Waals surface area contributed by atoms with Crippen LogP contribution >= 0.6 is 0 Å². The Labute approximate surface area is 137 Å². The van der Waals surface area contributed by atoms with Gasteiger partial charge in [-0.3, -0.25) is 9.69 Å². The van der Waals surface area contributed by atoms with E-state index in [9.17, 15) is 9.90 Å². The topological polar surface area (TPSA) is 56.9 Å². The van der Waals surface area contributed by atoms with Gasteiger partial charge in [-0.1, -0.05) is 6.42 Å². The predicted octanol–water partition coefficient (Wildman–Crippen LogP) is 1.98. The maximum Gasteiger partial charge on any atom is 0.289 e. The number of aliphatic hydroxyl groups excluding tert-OH is 1. The summed E-state index contributed by atoms with van der Waals surface area (Å²) in [7, 11) is 0. The lowest BCUT2D eigenvalue weighted by Gasteiger charge is -2.43. The van der Waals surface area contributed by atoms with Gasteiger partial charge >= 0.3 is 0 Å². The van der Waals surface area contributed by atoms with E-state index in [0.717, 1.165) is 45.1 Å². The summed E-state index contributed by atoms with van der Waals surface area (Å²) < 4.78 is 5.24. The highest BCUT2D eigenvalue weighted by Gasteiger charge is 2.50. The Morgan fingerprint density at radius 3 is 2.70 bits per heavy atom. The van der Waals surface area contributed by atoms with Crippen LogP contribution in [0.3, 0.4) is 0 Å². The highest BCUT2D eigenvalue weighted by molar-refractivity contribution is 5.91. The zero-order chi connectivity index (χ0) is 15.9. The molecule has 2 saturated heterocycles. The van der Waals surface area contributed by atoms with E-state index >= 15 is 0 Å². The Morgan fingerprint density at radius 2 is 2.13 bits per heavy atom. The van der Waals surface area contributed by atoms with E-state index in [4.69, 9.17) is 4.42 Å². The third-order valence-electron chi connectivity index (χ3n) is 6.43. The summed E-state index contributed by atoms with van der Waals surface area (Å²) in [6.45, 7) is 3.96. The largest absolute Gasteiger partial charge is 0.459 e. The third kappa shape index (κ3) is 2.60. The van der Waals surface area contributed by atoms with Gasteiger partial charge in [0.25, 0.3) is 5.91 Å². The van der Waals surface area contributed by atoms with Crippen molar-refractivity contribution < 1.29 is 14.3 Å². The normalized spacial score (nSPS) is 28.2. The van der Waals surface area contributed by atoms with E-state index < -0.39 is 0 Å². The molecule has 2 aliphatic heterocycles. The molecule has 1 spiro atoms. The molecule has 0 bridgehead atoms. The number of nitrogens with zero attached hydrogens (tertiary/aromatic N) is 2. The van der Waals surface area contributed by atoms with E-state index in [1.165, 1.54) is 19.3 Å². The van der Waals surface area contributed by atoms with Gasteiger partial charge in [0.1, 0.15) is 0 Å². The van der Waals surface area contributed by atoms with Crippen LogP contribution in [-0.4, -0.2) is 59.6 Å². The molecule has 1 aromatic heterocycles. The van der Waals surface area contributed by atoms with Crippen molar-refractivity contribution in [2.24, 2.45) is 11.3 Å². The lowest BCUT2D eigenvalue weighted by atomic mass is 9.71. The first-order chi connectivity index (χ1) is 11.2. The number of hydrogen-bond donors (Lipinski definition) is 1. The monoisotopic (exact) mass is 318 g/mol. The fourth-order valence-corrected chi connectivity index (χ4v) is 4.63. The van der Waals surface area contributed by atoms with Crippen molar-refractivity contribution in [2.45, 2.75) is 38.1 Å². The molecule has 1 N–H and O–H groups in total. The van der Waals surface area contributed by atoms with Crippen molar-refractivity contribution in [2.75, 3.05) is 32.8 Å². The Hall–Kier alpha value is -1.33. The van der Waals surface area contributed by atoms with Crippen LogP contribution in [-0.2, 0) is 0 Å². The van der Waals surface area contributed by atoms with Crippen LogP contribution in [0.25, 0.3) is 0 Å². The smallest absolute Gasteiger partial charge is 0.289 e. The second-order valence-electron chi connectivity index (χ2n) is 7.53. The number of carbonyl (C=O) groups excluding carboxylic acids is 1. The molecular weight excluding hydrogens is 292 g/mol. The summed E-state index contributed by atoms with van der Waals surface area (Å²) in [5.41, 5.74) is 0.199. The number of hydrogen-bond acceptors (Lipinski definition) is 4. The molecule has 1 atom stereocenters. The molecule has 1 aromatic rings. The molecule has 1 saturated carbocycles. The van der Waals surface area contributed by atoms with E-state index in [1.54, 1.807) is 18.4 Å². The first-order valence-corrected chi connectivity index (χ1v) is 8.89. The quantitative estimate of drug-likeness (QED) is 0.926. The summed E-state index contributed by atoms with van der Waals surface area (Å²) in [5, 5.41) is 9.88. The molecule has 1 amide bonds. The number of piperidine rings is 1. The van der Waals surface area contributed by atoms with Gasteiger partial charge in [-0.15, -0.1) is 0 Å². The minimum Gasteiger partial charge on any atom is -0.459 e. The van der Waals surface area contributed by atoms with Gasteiger partial charge in [0.2, 0.25) is 0 Å². The lowest BCUT2D eigenvalue weighted by molar-refractivity contribution is 0.0365. The number of amides is 1. The molecule has 5 heteroatoms. The first kappa shape index (κ1) is 15.2. The van der Waals surface area contributed by atoms with Crippen molar-refractivity contribution in [3.63, 3.8) is 0 Å². The molecule has 1 aliphatic carbocycles. The van der Waals surface area contributed by atoms with Crippen molar-refractivity contribution in [3.8, 4) is 0 Å². The molecule has 3 aliphatic rings. The van der Waals surface area contributed by atoms with Gasteiger partial charge in [0.15, 0.2) is 5.76 Å². The van der Waals surface area contributed by atoms with Gasteiger partial charge in [-0.2, -0.15) is 0 Å². The maximum atomic E-state index is 12.4. The van der Waals surface area contributed by atoms with E-state index in [2.05, 4.69) is 4.90 Å². The maximum absolute atomic E-state index is 12.4. The Bertz CT molecular complexity index is 545. The SMILES string of the molecule is O=C(c1ccco1)N1CCC2(CC1)CN(C1CCC1)CC2CO. The molecule has 1 unspecified atom stereocenters. The molecule has 0 aromatic carbocycles. The molecule has 3 heterocycles. The van der Waals surface area contributed by atoms with Crippen LogP contribution in [0.4, 0.5) is 0 Å². The molecule has 4 rings (SSSR count). The highest BCUT2D eigenvalue weighted by atomic mass is 16.3. The fourth-order valence-electron chi connectivity index (χ4n) is 4.63. The Morgan fingerprint density at radius 1 is 1.35 bits per heavy atom. The van der Waals surface area contributed by atoms with E-state index in [1.807, 2.05) is 4.90 Å². The minimum absolute atomic E-state index is 0.000700. The van der Waals surface area contributed by atoms with E-state index in [-0.39, 0.29) is 17.9 Å². The zero-order valence-electron chi connectivity index (χ0n) is 13.6. The molecule has 23 heavy (non-hydrogen) atoms. The van der Waals surface area contributed by atoms with Crippen LogP contribution in [0.1, 0.15) is 42.7 Å². The number of carbonyl (C=O) groups is 1. The zero-order valence-corrected chi connectivity index (χ0v) is 13.6. The summed E-state index contributed by atoms with van der Waals surface area (Å²) in [5.74, 6) is 0.797. The van der Waals surface area contributed by atoms with E-state index in [0.29, 0.717) is 11.7 Å². The predicted molar refractivity (Wildman–Crippen MR) is 86.1 cm³/mol. The van der Waals surface area contributed by atoms with Crippen LogP contribution in [0, 0.1) is 11.3 Å². The summed E-state index contributed by atoms with van der Waals surface area (Å²) in [6.07, 6.45) is 7.52. The van der Waals surface area contributed by atoms with Crippen LogP contribution in [0.5, 0.6) is 0 Å². The highest BCUT2D eigenvalue weighted by Crippen LogP contribution is 2.46. The van der Waals surface area contributed by atoms with Crippen molar-refractivity contribution in [1.82, 2.24) is 9.80 Å². The number of aliphatic hydroxyl groups is 1. The van der Waals surface area contributed by atoms with Crippen LogP contribution in [0.15, 0.2) is 22.8 Å². The average Bonchev–Trinajstić information content (AvgIpc) is 3.14. The van der Waals surface area contributed by atoms with Gasteiger partial charge in [-0.25, -0.2) is 0 Å². The van der Waals surface area contributed by atoms with Gasteiger partial charge in [0, 0.05) is 44.7 Å². The van der Waals surface area contributed by atoms with Crippen molar-refractivity contribution in [3.05, 3.63) is 24.2 Å². The van der Waals surface area contributed by atoms with Gasteiger partial charge in [0.05, 0.1) is 6.26 Å². The fraction of sp³-hybridized carbons (Fsp3) is 0.722. The number of furan rings is 1. The number of rotatable bonds is 3. The molecular formula is C18H26N2O3. The lowest BCUT2D eigenvalue weighted by Crippen LogP contribution is -2.47. The Kier molecular flexibility index (Phi) is 3.93. The standard InChI is InChI=1S/C18H26N2O3/c21-12-14-11-20(15-3-1-4-15)13-18(14)6-8-19(9-7-18)17(22)16-5-2-10-23-16/h2,5,10,14-15,21H,1,3-4,6-9,11-13H2. The number of likely N-dealkylation sites (tertiary alicyclic amines) is 2. The minimum atomic E-state index is -0.000700.